The Balaban J connectivity index is 2.09. The van der Waals surface area contributed by atoms with Crippen molar-refractivity contribution in [3.05, 3.63) is 42.0 Å². The SMILES string of the molecule is CC(C)n1ncnc1COc1ccccc1CN. The molecule has 18 heavy (non-hydrogen) atoms. The molecule has 1 heterocycles. The molecule has 0 bridgehead atoms. The zero-order chi connectivity index (χ0) is 13.0. The van der Waals surface area contributed by atoms with Crippen molar-refractivity contribution >= 4 is 0 Å². The Labute approximate surface area is 107 Å². The second-order valence-electron chi connectivity index (χ2n) is 4.32. The van der Waals surface area contributed by atoms with Crippen molar-refractivity contribution in [1.82, 2.24) is 14.8 Å². The van der Waals surface area contributed by atoms with Crippen LogP contribution in [0.2, 0.25) is 0 Å². The van der Waals surface area contributed by atoms with E-state index in [4.69, 9.17) is 10.5 Å². The van der Waals surface area contributed by atoms with Gasteiger partial charge in [0.05, 0.1) is 0 Å². The molecule has 0 fully saturated rings. The summed E-state index contributed by atoms with van der Waals surface area (Å²) in [6.07, 6.45) is 1.55. The fourth-order valence-electron chi connectivity index (χ4n) is 1.76. The van der Waals surface area contributed by atoms with E-state index >= 15 is 0 Å². The number of hydrogen-bond donors (Lipinski definition) is 1. The summed E-state index contributed by atoms with van der Waals surface area (Å²) in [7, 11) is 0. The van der Waals surface area contributed by atoms with Crippen molar-refractivity contribution in [2.75, 3.05) is 0 Å². The second-order valence-corrected chi connectivity index (χ2v) is 4.32. The molecule has 5 nitrogen and oxygen atoms in total. The molecule has 0 unspecified atom stereocenters. The molecule has 0 saturated carbocycles. The molecule has 0 spiro atoms. The van der Waals surface area contributed by atoms with Crippen molar-refractivity contribution in [2.45, 2.75) is 33.0 Å². The first-order valence-electron chi connectivity index (χ1n) is 6.01. The summed E-state index contributed by atoms with van der Waals surface area (Å²) in [6.45, 7) is 4.99. The van der Waals surface area contributed by atoms with Gasteiger partial charge in [-0.15, -0.1) is 0 Å². The lowest BCUT2D eigenvalue weighted by Crippen LogP contribution is -2.11. The third-order valence-corrected chi connectivity index (χ3v) is 2.69. The van der Waals surface area contributed by atoms with Crippen molar-refractivity contribution in [3.63, 3.8) is 0 Å². The van der Waals surface area contributed by atoms with Crippen LogP contribution >= 0.6 is 0 Å². The van der Waals surface area contributed by atoms with Crippen LogP contribution in [0.3, 0.4) is 0 Å². The fraction of sp³-hybridized carbons (Fsp3) is 0.385. The van der Waals surface area contributed by atoms with Crippen LogP contribution in [-0.2, 0) is 13.2 Å². The first-order chi connectivity index (χ1) is 8.72. The van der Waals surface area contributed by atoms with Crippen LogP contribution in [0.5, 0.6) is 5.75 Å². The third-order valence-electron chi connectivity index (χ3n) is 2.69. The van der Waals surface area contributed by atoms with Gasteiger partial charge in [0, 0.05) is 18.2 Å². The van der Waals surface area contributed by atoms with Crippen molar-refractivity contribution in [3.8, 4) is 5.75 Å². The van der Waals surface area contributed by atoms with Crippen LogP contribution in [0, 0.1) is 0 Å². The number of para-hydroxylation sites is 1. The zero-order valence-electron chi connectivity index (χ0n) is 10.7. The first-order valence-corrected chi connectivity index (χ1v) is 6.01. The summed E-state index contributed by atoms with van der Waals surface area (Å²) < 4.78 is 7.61. The van der Waals surface area contributed by atoms with Crippen LogP contribution in [0.15, 0.2) is 30.6 Å². The molecule has 2 rings (SSSR count). The number of aromatic nitrogens is 3. The normalized spacial score (nSPS) is 10.9. The standard InChI is InChI=1S/C13H18N4O/c1-10(2)17-13(15-9-16-17)8-18-12-6-4-3-5-11(12)7-14/h3-6,9-10H,7-8,14H2,1-2H3. The Morgan fingerprint density at radius 2 is 2.11 bits per heavy atom. The number of nitrogens with zero attached hydrogens (tertiary/aromatic N) is 3. The van der Waals surface area contributed by atoms with Gasteiger partial charge in [-0.25, -0.2) is 9.67 Å². The molecule has 0 aliphatic heterocycles. The minimum atomic E-state index is 0.274. The molecule has 0 aliphatic rings. The number of rotatable bonds is 5. The third kappa shape index (κ3) is 2.68. The molecule has 5 heteroatoms. The summed E-state index contributed by atoms with van der Waals surface area (Å²) in [5.41, 5.74) is 6.66. The Morgan fingerprint density at radius 1 is 1.33 bits per heavy atom. The molecule has 0 radical (unpaired) electrons. The molecule has 2 aromatic rings. The Bertz CT molecular complexity index is 507. The molecule has 0 aliphatic carbocycles. The summed E-state index contributed by atoms with van der Waals surface area (Å²) >= 11 is 0. The van der Waals surface area contributed by atoms with Gasteiger partial charge in [-0.05, 0) is 19.9 Å². The molecule has 1 aromatic heterocycles. The summed E-state index contributed by atoms with van der Waals surface area (Å²) in [5.74, 6) is 1.62. The van der Waals surface area contributed by atoms with E-state index in [1.54, 1.807) is 6.33 Å². The maximum atomic E-state index is 5.76. The van der Waals surface area contributed by atoms with Gasteiger partial charge in [-0.1, -0.05) is 18.2 Å². The average Bonchev–Trinajstić information content (AvgIpc) is 2.85. The number of nitrogens with two attached hydrogens (primary N) is 1. The Kier molecular flexibility index (Phi) is 3.94. The van der Waals surface area contributed by atoms with Crippen molar-refractivity contribution < 1.29 is 4.74 Å². The first kappa shape index (κ1) is 12.6. The predicted molar refractivity (Wildman–Crippen MR) is 69.1 cm³/mol. The summed E-state index contributed by atoms with van der Waals surface area (Å²) in [4.78, 5) is 4.20. The van der Waals surface area contributed by atoms with E-state index in [0.717, 1.165) is 17.1 Å². The highest BCUT2D eigenvalue weighted by atomic mass is 16.5. The van der Waals surface area contributed by atoms with E-state index in [0.29, 0.717) is 13.2 Å². The van der Waals surface area contributed by atoms with E-state index in [9.17, 15) is 0 Å². The molecular formula is C13H18N4O. The molecule has 2 N–H and O–H groups in total. The van der Waals surface area contributed by atoms with Crippen LogP contribution in [0.4, 0.5) is 0 Å². The van der Waals surface area contributed by atoms with Gasteiger partial charge in [0.15, 0.2) is 5.82 Å². The van der Waals surface area contributed by atoms with E-state index < -0.39 is 0 Å². The number of hydrogen-bond acceptors (Lipinski definition) is 4. The van der Waals surface area contributed by atoms with Gasteiger partial charge >= 0.3 is 0 Å². The highest BCUT2D eigenvalue weighted by Gasteiger charge is 2.09. The maximum absolute atomic E-state index is 5.76. The van der Waals surface area contributed by atoms with Gasteiger partial charge in [0.2, 0.25) is 0 Å². The van der Waals surface area contributed by atoms with E-state index in [-0.39, 0.29) is 6.04 Å². The highest BCUT2D eigenvalue weighted by Crippen LogP contribution is 2.18. The lowest BCUT2D eigenvalue weighted by molar-refractivity contribution is 0.280. The lowest BCUT2D eigenvalue weighted by Gasteiger charge is -2.12. The molecular weight excluding hydrogens is 228 g/mol. The molecule has 1 aromatic carbocycles. The Morgan fingerprint density at radius 3 is 2.83 bits per heavy atom. The van der Waals surface area contributed by atoms with Crippen LogP contribution in [0.25, 0.3) is 0 Å². The van der Waals surface area contributed by atoms with Gasteiger partial charge in [-0.2, -0.15) is 5.10 Å². The molecule has 0 amide bonds. The highest BCUT2D eigenvalue weighted by molar-refractivity contribution is 5.33. The number of ether oxygens (including phenoxy) is 1. The topological polar surface area (TPSA) is 66.0 Å². The maximum Gasteiger partial charge on any atom is 0.165 e. The van der Waals surface area contributed by atoms with Crippen molar-refractivity contribution in [2.24, 2.45) is 5.73 Å². The summed E-state index contributed by atoms with van der Waals surface area (Å²) in [5, 5.41) is 4.17. The van der Waals surface area contributed by atoms with Gasteiger partial charge < -0.3 is 10.5 Å². The van der Waals surface area contributed by atoms with Crippen LogP contribution < -0.4 is 10.5 Å². The van der Waals surface area contributed by atoms with Gasteiger partial charge in [0.1, 0.15) is 18.7 Å². The quantitative estimate of drug-likeness (QED) is 0.875. The lowest BCUT2D eigenvalue weighted by atomic mass is 10.2. The van der Waals surface area contributed by atoms with Gasteiger partial charge in [-0.3, -0.25) is 0 Å². The molecule has 96 valence electrons. The zero-order valence-corrected chi connectivity index (χ0v) is 10.7. The minimum absolute atomic E-state index is 0.274. The second kappa shape index (κ2) is 5.64. The average molecular weight is 246 g/mol. The fourth-order valence-corrected chi connectivity index (χ4v) is 1.76. The minimum Gasteiger partial charge on any atom is -0.485 e. The largest absolute Gasteiger partial charge is 0.485 e. The monoisotopic (exact) mass is 246 g/mol. The van der Waals surface area contributed by atoms with Crippen molar-refractivity contribution in [1.29, 1.82) is 0 Å². The molecule has 0 saturated heterocycles. The van der Waals surface area contributed by atoms with Gasteiger partial charge in [0.25, 0.3) is 0 Å². The summed E-state index contributed by atoms with van der Waals surface area (Å²) in [6, 6.07) is 8.03. The Hall–Kier alpha value is -1.88. The number of benzene rings is 1. The van der Waals surface area contributed by atoms with E-state index in [1.807, 2.05) is 28.9 Å². The van der Waals surface area contributed by atoms with Crippen LogP contribution in [0.1, 0.15) is 31.3 Å². The smallest absolute Gasteiger partial charge is 0.165 e. The van der Waals surface area contributed by atoms with E-state index in [2.05, 4.69) is 23.9 Å². The predicted octanol–water partition coefficient (Wildman–Crippen LogP) is 1.90. The molecule has 0 atom stereocenters. The van der Waals surface area contributed by atoms with E-state index in [1.165, 1.54) is 0 Å². The van der Waals surface area contributed by atoms with Crippen LogP contribution in [-0.4, -0.2) is 14.8 Å².